The fourth-order valence-corrected chi connectivity index (χ4v) is 2.15. The number of rotatable bonds is 4. The molecule has 1 fully saturated rings. The molecule has 1 aliphatic carbocycles. The largest absolute Gasteiger partial charge is 0.350 e. The van der Waals surface area contributed by atoms with Crippen LogP contribution >= 0.6 is 0 Å². The lowest BCUT2D eigenvalue weighted by atomic mass is 9.83. The maximum absolute atomic E-state index is 10.7. The smallest absolute Gasteiger partial charge is 0.332 e. The van der Waals surface area contributed by atoms with Gasteiger partial charge in [0.15, 0.2) is 0 Å². The van der Waals surface area contributed by atoms with E-state index in [0.717, 1.165) is 37.1 Å². The SMILES string of the molecule is CCC(=NNC(N)=O)C1CCCCC1=NNC(N)=O. The van der Waals surface area contributed by atoms with Crippen molar-refractivity contribution in [1.29, 1.82) is 0 Å². The van der Waals surface area contributed by atoms with Crippen LogP contribution < -0.4 is 22.3 Å². The number of urea groups is 2. The minimum Gasteiger partial charge on any atom is -0.350 e. The van der Waals surface area contributed by atoms with Crippen LogP contribution in [0.4, 0.5) is 9.59 Å². The predicted octanol–water partition coefficient (Wildman–Crippen LogP) is 0.635. The van der Waals surface area contributed by atoms with Crippen molar-refractivity contribution in [2.75, 3.05) is 0 Å². The first-order valence-corrected chi connectivity index (χ1v) is 6.28. The highest BCUT2D eigenvalue weighted by Gasteiger charge is 2.25. The summed E-state index contributed by atoms with van der Waals surface area (Å²) >= 11 is 0. The van der Waals surface area contributed by atoms with Crippen molar-refractivity contribution >= 4 is 23.5 Å². The fourth-order valence-electron chi connectivity index (χ4n) is 2.15. The summed E-state index contributed by atoms with van der Waals surface area (Å²) in [6, 6.07) is -1.39. The van der Waals surface area contributed by atoms with Crippen LogP contribution in [0.5, 0.6) is 0 Å². The van der Waals surface area contributed by atoms with Crippen LogP contribution in [-0.2, 0) is 0 Å². The quantitative estimate of drug-likeness (QED) is 0.439. The van der Waals surface area contributed by atoms with Gasteiger partial charge in [0, 0.05) is 17.3 Å². The number of primary amides is 2. The van der Waals surface area contributed by atoms with Gasteiger partial charge < -0.3 is 11.5 Å². The number of nitrogens with two attached hydrogens (primary N) is 2. The van der Waals surface area contributed by atoms with E-state index in [1.165, 1.54) is 0 Å². The molecule has 0 aromatic rings. The summed E-state index contributed by atoms with van der Waals surface area (Å²) in [5.41, 5.74) is 16.1. The second-order valence-corrected chi connectivity index (χ2v) is 4.31. The number of nitrogens with zero attached hydrogens (tertiary/aromatic N) is 2. The third kappa shape index (κ3) is 4.94. The second-order valence-electron chi connectivity index (χ2n) is 4.31. The van der Waals surface area contributed by atoms with Gasteiger partial charge in [-0.2, -0.15) is 10.2 Å². The molecule has 0 spiro atoms. The van der Waals surface area contributed by atoms with E-state index in [2.05, 4.69) is 21.1 Å². The van der Waals surface area contributed by atoms with Gasteiger partial charge in [0.25, 0.3) is 0 Å². The van der Waals surface area contributed by atoms with Crippen molar-refractivity contribution in [2.24, 2.45) is 27.6 Å². The van der Waals surface area contributed by atoms with Gasteiger partial charge in [0.2, 0.25) is 0 Å². The Morgan fingerprint density at radius 1 is 1.26 bits per heavy atom. The maximum atomic E-state index is 10.7. The number of amides is 4. The van der Waals surface area contributed by atoms with Crippen LogP contribution in [0.3, 0.4) is 0 Å². The van der Waals surface area contributed by atoms with Gasteiger partial charge in [0.1, 0.15) is 0 Å². The topological polar surface area (TPSA) is 135 Å². The molecule has 0 radical (unpaired) electrons. The van der Waals surface area contributed by atoms with Gasteiger partial charge in [-0.3, -0.25) is 0 Å². The monoisotopic (exact) mass is 268 g/mol. The first-order valence-electron chi connectivity index (χ1n) is 6.28. The zero-order chi connectivity index (χ0) is 14.3. The second kappa shape index (κ2) is 7.34. The van der Waals surface area contributed by atoms with Crippen LogP contribution in [-0.4, -0.2) is 23.5 Å². The Balaban J connectivity index is 2.84. The minimum absolute atomic E-state index is 0.0115. The Labute approximate surface area is 111 Å². The number of carbonyl (C=O) groups excluding carboxylic acids is 2. The van der Waals surface area contributed by atoms with Crippen molar-refractivity contribution < 1.29 is 9.59 Å². The summed E-state index contributed by atoms with van der Waals surface area (Å²) in [6.07, 6.45) is 4.39. The Bertz CT molecular complexity index is 378. The predicted molar refractivity (Wildman–Crippen MR) is 72.6 cm³/mol. The molecule has 0 heterocycles. The lowest BCUT2D eigenvalue weighted by Gasteiger charge is -2.24. The van der Waals surface area contributed by atoms with Gasteiger partial charge in [-0.15, -0.1) is 0 Å². The van der Waals surface area contributed by atoms with Crippen LogP contribution in [0.2, 0.25) is 0 Å². The third-order valence-electron chi connectivity index (χ3n) is 2.96. The molecule has 1 unspecified atom stereocenters. The number of nitrogens with one attached hydrogen (secondary N) is 2. The molecule has 0 aromatic carbocycles. The molecule has 8 heteroatoms. The Morgan fingerprint density at radius 2 is 1.95 bits per heavy atom. The molecule has 106 valence electrons. The molecular formula is C11H20N6O2. The van der Waals surface area contributed by atoms with E-state index >= 15 is 0 Å². The van der Waals surface area contributed by atoms with E-state index < -0.39 is 12.1 Å². The van der Waals surface area contributed by atoms with Crippen molar-refractivity contribution in [3.8, 4) is 0 Å². The lowest BCUT2D eigenvalue weighted by Crippen LogP contribution is -2.34. The molecule has 1 atom stereocenters. The zero-order valence-corrected chi connectivity index (χ0v) is 11.0. The van der Waals surface area contributed by atoms with E-state index in [-0.39, 0.29) is 5.92 Å². The summed E-state index contributed by atoms with van der Waals surface area (Å²) in [6.45, 7) is 1.94. The van der Waals surface area contributed by atoms with Crippen LogP contribution in [0.15, 0.2) is 10.2 Å². The van der Waals surface area contributed by atoms with E-state index in [0.29, 0.717) is 6.42 Å². The highest BCUT2D eigenvalue weighted by Crippen LogP contribution is 2.24. The number of hydrogen-bond acceptors (Lipinski definition) is 4. The van der Waals surface area contributed by atoms with E-state index in [1.54, 1.807) is 0 Å². The van der Waals surface area contributed by atoms with Crippen LogP contribution in [0.1, 0.15) is 39.0 Å². The first-order chi connectivity index (χ1) is 9.04. The number of hydrazone groups is 2. The standard InChI is InChI=1S/C11H20N6O2/c1-2-8(14-16-10(12)18)7-5-3-4-6-9(7)15-17-11(13)19/h7H,2-6H2,1H3,(H3,12,16,18)(H3,13,17,19). The Kier molecular flexibility index (Phi) is 5.77. The van der Waals surface area contributed by atoms with Crippen molar-refractivity contribution in [3.63, 3.8) is 0 Å². The molecule has 19 heavy (non-hydrogen) atoms. The zero-order valence-electron chi connectivity index (χ0n) is 11.0. The molecule has 0 bridgehead atoms. The van der Waals surface area contributed by atoms with E-state index in [4.69, 9.17) is 11.5 Å². The highest BCUT2D eigenvalue weighted by molar-refractivity contribution is 6.08. The van der Waals surface area contributed by atoms with E-state index in [1.807, 2.05) is 6.92 Å². The molecule has 0 saturated heterocycles. The first kappa shape index (κ1) is 14.9. The third-order valence-corrected chi connectivity index (χ3v) is 2.96. The van der Waals surface area contributed by atoms with Gasteiger partial charge in [-0.05, 0) is 25.7 Å². The normalized spacial score (nSPS) is 22.1. The van der Waals surface area contributed by atoms with Gasteiger partial charge in [-0.1, -0.05) is 13.3 Å². The van der Waals surface area contributed by atoms with Crippen LogP contribution in [0.25, 0.3) is 0 Å². The maximum Gasteiger partial charge on any atom is 0.332 e. The average molecular weight is 268 g/mol. The summed E-state index contributed by atoms with van der Waals surface area (Å²) in [4.78, 5) is 21.4. The molecular weight excluding hydrogens is 248 g/mol. The van der Waals surface area contributed by atoms with Crippen molar-refractivity contribution in [3.05, 3.63) is 0 Å². The molecule has 1 aliphatic rings. The Hall–Kier alpha value is -2.12. The minimum atomic E-state index is -0.699. The molecule has 1 rings (SSSR count). The number of hydrogen-bond donors (Lipinski definition) is 4. The fraction of sp³-hybridized carbons (Fsp3) is 0.636. The van der Waals surface area contributed by atoms with E-state index in [9.17, 15) is 9.59 Å². The number of carbonyl (C=O) groups is 2. The van der Waals surface area contributed by atoms with Crippen molar-refractivity contribution in [1.82, 2.24) is 10.9 Å². The van der Waals surface area contributed by atoms with Gasteiger partial charge in [0.05, 0.1) is 0 Å². The molecule has 8 nitrogen and oxygen atoms in total. The van der Waals surface area contributed by atoms with Crippen molar-refractivity contribution in [2.45, 2.75) is 39.0 Å². The average Bonchev–Trinajstić information content (AvgIpc) is 2.37. The summed E-state index contributed by atoms with van der Waals surface area (Å²) in [5, 5.41) is 8.04. The molecule has 4 amide bonds. The summed E-state index contributed by atoms with van der Waals surface area (Å²) in [5.74, 6) is 0.0115. The van der Waals surface area contributed by atoms with Crippen LogP contribution in [0, 0.1) is 5.92 Å². The van der Waals surface area contributed by atoms with Gasteiger partial charge in [-0.25, -0.2) is 20.4 Å². The summed E-state index contributed by atoms with van der Waals surface area (Å²) < 4.78 is 0. The summed E-state index contributed by atoms with van der Waals surface area (Å²) in [7, 11) is 0. The lowest BCUT2D eigenvalue weighted by molar-refractivity contribution is 0.248. The molecule has 6 N–H and O–H groups in total. The van der Waals surface area contributed by atoms with Gasteiger partial charge >= 0.3 is 12.1 Å². The molecule has 1 saturated carbocycles. The Morgan fingerprint density at radius 3 is 2.53 bits per heavy atom. The molecule has 0 aromatic heterocycles. The molecule has 0 aliphatic heterocycles. The highest BCUT2D eigenvalue weighted by atomic mass is 16.2.